The van der Waals surface area contributed by atoms with Crippen molar-refractivity contribution in [3.63, 3.8) is 0 Å². The zero-order valence-electron chi connectivity index (χ0n) is 16.7. The first-order chi connectivity index (χ1) is 13.5. The van der Waals surface area contributed by atoms with E-state index in [0.29, 0.717) is 24.6 Å². The van der Waals surface area contributed by atoms with Crippen molar-refractivity contribution in [2.45, 2.75) is 38.1 Å². The quantitative estimate of drug-likeness (QED) is 0.790. The van der Waals surface area contributed by atoms with E-state index in [1.165, 1.54) is 23.5 Å². The van der Waals surface area contributed by atoms with Crippen LogP contribution >= 0.6 is 0 Å². The van der Waals surface area contributed by atoms with Crippen LogP contribution in [-0.2, 0) is 20.6 Å². The second-order valence-corrected chi connectivity index (χ2v) is 7.95. The van der Waals surface area contributed by atoms with E-state index in [1.54, 1.807) is 19.3 Å². The molecule has 1 amide bonds. The Hall–Kier alpha value is -2.48. The van der Waals surface area contributed by atoms with Crippen LogP contribution in [0, 0.1) is 0 Å². The van der Waals surface area contributed by atoms with Crippen LogP contribution in [0.15, 0.2) is 23.1 Å². The first-order valence-corrected chi connectivity index (χ1v) is 10.1. The van der Waals surface area contributed by atoms with Gasteiger partial charge in [0, 0.05) is 50.9 Å². The monoisotopic (exact) mass is 384 g/mol. The molecule has 150 valence electrons. The van der Waals surface area contributed by atoms with Gasteiger partial charge in [0.2, 0.25) is 0 Å². The average Bonchev–Trinajstić information content (AvgIpc) is 3.34. The predicted molar refractivity (Wildman–Crippen MR) is 105 cm³/mol. The number of nitrogens with zero attached hydrogens (tertiary/aromatic N) is 6. The fourth-order valence-corrected chi connectivity index (χ4v) is 4.21. The number of pyridine rings is 1. The minimum absolute atomic E-state index is 0.0659. The van der Waals surface area contributed by atoms with Crippen molar-refractivity contribution in [2.24, 2.45) is 14.1 Å². The van der Waals surface area contributed by atoms with Gasteiger partial charge in [-0.1, -0.05) is 0 Å². The maximum absolute atomic E-state index is 12.7. The van der Waals surface area contributed by atoms with Crippen molar-refractivity contribution in [1.82, 2.24) is 29.1 Å². The molecule has 0 atom stereocenters. The van der Waals surface area contributed by atoms with E-state index in [-0.39, 0.29) is 11.5 Å². The molecule has 2 saturated heterocycles. The molecule has 0 bridgehead atoms. The van der Waals surface area contributed by atoms with Gasteiger partial charge in [0.25, 0.3) is 11.5 Å². The Bertz CT molecular complexity index is 904. The van der Waals surface area contributed by atoms with Crippen molar-refractivity contribution in [3.05, 3.63) is 45.9 Å². The van der Waals surface area contributed by atoms with E-state index >= 15 is 0 Å². The summed E-state index contributed by atoms with van der Waals surface area (Å²) in [6, 6.07) is 3.13. The number of hydrogen-bond acceptors (Lipinski definition) is 5. The molecule has 0 spiro atoms. The van der Waals surface area contributed by atoms with Crippen LogP contribution < -0.4 is 5.56 Å². The van der Waals surface area contributed by atoms with Crippen LogP contribution in [0.3, 0.4) is 0 Å². The van der Waals surface area contributed by atoms with Crippen molar-refractivity contribution in [3.8, 4) is 0 Å². The molecule has 0 unspecified atom stereocenters. The number of piperidine rings is 1. The van der Waals surface area contributed by atoms with Gasteiger partial charge < -0.3 is 14.0 Å². The Labute approximate surface area is 164 Å². The van der Waals surface area contributed by atoms with Crippen LogP contribution in [0.1, 0.15) is 53.6 Å². The van der Waals surface area contributed by atoms with Crippen molar-refractivity contribution < 1.29 is 4.79 Å². The normalized spacial score (nSPS) is 18.7. The molecule has 2 fully saturated rings. The van der Waals surface area contributed by atoms with E-state index in [1.807, 2.05) is 4.90 Å². The first kappa shape index (κ1) is 18.9. The molecule has 2 aliphatic heterocycles. The molecular formula is C20H28N6O2. The molecule has 0 aliphatic carbocycles. The molecule has 0 N–H and O–H groups in total. The fraction of sp³-hybridized carbons (Fsp3) is 0.600. The largest absolute Gasteiger partial charge is 0.339 e. The van der Waals surface area contributed by atoms with E-state index in [4.69, 9.17) is 0 Å². The van der Waals surface area contributed by atoms with E-state index in [0.717, 1.165) is 44.1 Å². The highest BCUT2D eigenvalue weighted by molar-refractivity contribution is 5.94. The molecule has 4 rings (SSSR count). The highest BCUT2D eigenvalue weighted by Gasteiger charge is 2.28. The van der Waals surface area contributed by atoms with Crippen molar-refractivity contribution in [2.75, 3.05) is 26.2 Å². The van der Waals surface area contributed by atoms with E-state index < -0.39 is 0 Å². The van der Waals surface area contributed by atoms with Gasteiger partial charge in [-0.05, 0) is 44.8 Å². The molecule has 8 heteroatoms. The lowest BCUT2D eigenvalue weighted by Gasteiger charge is -2.31. The van der Waals surface area contributed by atoms with Gasteiger partial charge in [-0.3, -0.25) is 14.5 Å². The third kappa shape index (κ3) is 3.73. The maximum Gasteiger partial charge on any atom is 0.254 e. The standard InChI is InChI=1S/C20H28N6O2/c1-23-10-5-16(13-18(23)27)20(28)26-11-6-15(7-12-26)19-22-21-17(24(19)2)14-25-8-3-4-9-25/h5,10,13,15H,3-4,6-9,11-12,14H2,1-2H3. The summed E-state index contributed by atoms with van der Waals surface area (Å²) in [7, 11) is 3.74. The fourth-order valence-electron chi connectivity index (χ4n) is 4.21. The second-order valence-electron chi connectivity index (χ2n) is 7.95. The van der Waals surface area contributed by atoms with Crippen molar-refractivity contribution >= 4 is 5.91 Å². The van der Waals surface area contributed by atoms with Gasteiger partial charge in [0.1, 0.15) is 11.6 Å². The van der Waals surface area contributed by atoms with E-state index in [9.17, 15) is 9.59 Å². The zero-order valence-corrected chi connectivity index (χ0v) is 16.7. The molecule has 0 saturated carbocycles. The Morgan fingerprint density at radius 2 is 1.82 bits per heavy atom. The summed E-state index contributed by atoms with van der Waals surface area (Å²) in [6.07, 6.45) is 5.91. The number of aromatic nitrogens is 4. The van der Waals surface area contributed by atoms with Gasteiger partial charge in [0.15, 0.2) is 0 Å². The number of amides is 1. The van der Waals surface area contributed by atoms with Crippen LogP contribution in [0.4, 0.5) is 0 Å². The highest BCUT2D eigenvalue weighted by Crippen LogP contribution is 2.28. The van der Waals surface area contributed by atoms with Gasteiger partial charge in [-0.15, -0.1) is 10.2 Å². The molecule has 2 aromatic rings. The highest BCUT2D eigenvalue weighted by atomic mass is 16.2. The Kier molecular flexibility index (Phi) is 5.30. The summed E-state index contributed by atoms with van der Waals surface area (Å²) in [6.45, 7) is 4.50. The molecule has 0 radical (unpaired) electrons. The molecule has 8 nitrogen and oxygen atoms in total. The van der Waals surface area contributed by atoms with Crippen LogP contribution in [0.2, 0.25) is 0 Å². The lowest BCUT2D eigenvalue weighted by Crippen LogP contribution is -2.39. The summed E-state index contributed by atoms with van der Waals surface area (Å²) < 4.78 is 3.61. The molecule has 2 aromatic heterocycles. The number of hydrogen-bond donors (Lipinski definition) is 0. The number of carbonyl (C=O) groups is 1. The summed E-state index contributed by atoms with van der Waals surface area (Å²) in [5.74, 6) is 2.30. The van der Waals surface area contributed by atoms with Gasteiger partial charge in [-0.25, -0.2) is 0 Å². The number of aryl methyl sites for hydroxylation is 1. The topological polar surface area (TPSA) is 76.3 Å². The minimum atomic E-state index is -0.162. The predicted octanol–water partition coefficient (Wildman–Crippen LogP) is 1.13. The smallest absolute Gasteiger partial charge is 0.254 e. The molecule has 0 aromatic carbocycles. The maximum atomic E-state index is 12.7. The van der Waals surface area contributed by atoms with Gasteiger partial charge >= 0.3 is 0 Å². The summed E-state index contributed by atoms with van der Waals surface area (Å²) >= 11 is 0. The van der Waals surface area contributed by atoms with Gasteiger partial charge in [-0.2, -0.15) is 0 Å². The number of carbonyl (C=O) groups excluding carboxylic acids is 1. The third-order valence-electron chi connectivity index (χ3n) is 6.06. The Balaban J connectivity index is 1.38. The summed E-state index contributed by atoms with van der Waals surface area (Å²) in [5, 5.41) is 8.90. The lowest BCUT2D eigenvalue weighted by atomic mass is 9.95. The average molecular weight is 384 g/mol. The van der Waals surface area contributed by atoms with Gasteiger partial charge in [0.05, 0.1) is 6.54 Å². The Morgan fingerprint density at radius 1 is 1.11 bits per heavy atom. The first-order valence-electron chi connectivity index (χ1n) is 10.1. The van der Waals surface area contributed by atoms with Crippen LogP contribution in [-0.4, -0.2) is 61.2 Å². The third-order valence-corrected chi connectivity index (χ3v) is 6.06. The van der Waals surface area contributed by atoms with Crippen LogP contribution in [0.5, 0.6) is 0 Å². The minimum Gasteiger partial charge on any atom is -0.339 e. The van der Waals surface area contributed by atoms with E-state index in [2.05, 4.69) is 26.7 Å². The second kappa shape index (κ2) is 7.87. The molecule has 28 heavy (non-hydrogen) atoms. The van der Waals surface area contributed by atoms with Crippen LogP contribution in [0.25, 0.3) is 0 Å². The molecule has 2 aliphatic rings. The molecule has 4 heterocycles. The summed E-state index contributed by atoms with van der Waals surface area (Å²) in [5.41, 5.74) is 0.304. The van der Waals surface area contributed by atoms with Crippen molar-refractivity contribution in [1.29, 1.82) is 0 Å². The lowest BCUT2D eigenvalue weighted by molar-refractivity contribution is 0.0710. The number of rotatable bonds is 4. The summed E-state index contributed by atoms with van der Waals surface area (Å²) in [4.78, 5) is 28.8. The molecular weight excluding hydrogens is 356 g/mol. The Morgan fingerprint density at radius 3 is 2.50 bits per heavy atom. The number of likely N-dealkylation sites (tertiary alicyclic amines) is 2. The zero-order chi connectivity index (χ0) is 19.7. The SMILES string of the molecule is Cn1c(CN2CCCC2)nnc1C1CCN(C(=O)c2ccn(C)c(=O)c2)CC1.